The quantitative estimate of drug-likeness (QED) is 0.546. The van der Waals surface area contributed by atoms with Crippen molar-refractivity contribution in [1.82, 2.24) is 5.32 Å². The van der Waals surface area contributed by atoms with Crippen molar-refractivity contribution < 1.29 is 0 Å². The van der Waals surface area contributed by atoms with Gasteiger partial charge in [-0.05, 0) is 13.0 Å². The molecule has 1 heteroatoms. The third-order valence-electron chi connectivity index (χ3n) is 1.31. The van der Waals surface area contributed by atoms with Crippen LogP contribution in [0.1, 0.15) is 13.8 Å². The molecule has 48 valence electrons. The predicted octanol–water partition coefficient (Wildman–Crippen LogP) is 1.42. The summed E-state index contributed by atoms with van der Waals surface area (Å²) in [5.74, 6) is 0.650. The van der Waals surface area contributed by atoms with Crippen LogP contribution in [0.25, 0.3) is 0 Å². The number of nitrogens with one attached hydrogen (secondary N) is 1. The minimum atomic E-state index is 0.468. The highest BCUT2D eigenvalue weighted by Gasteiger charge is 2.03. The Morgan fingerprint density at radius 1 is 1.50 bits per heavy atom. The number of hydrogen-bond donors (Lipinski definition) is 1. The van der Waals surface area contributed by atoms with Crippen LogP contribution in [0, 0.1) is 5.92 Å². The Morgan fingerprint density at radius 3 is 2.00 bits per heavy atom. The van der Waals surface area contributed by atoms with Gasteiger partial charge in [0, 0.05) is 6.04 Å². The first-order valence-electron chi connectivity index (χ1n) is 3.02. The molecule has 0 saturated heterocycles. The smallest absolute Gasteiger partial charge is 0.0267 e. The molecule has 0 radical (unpaired) electrons. The Labute approximate surface area is 51.8 Å². The Hall–Kier alpha value is -0.300. The lowest BCUT2D eigenvalue weighted by Gasteiger charge is -2.14. The van der Waals surface area contributed by atoms with Gasteiger partial charge in [0.05, 0.1) is 0 Å². The van der Waals surface area contributed by atoms with E-state index >= 15 is 0 Å². The minimum Gasteiger partial charge on any atom is -0.313 e. The molecule has 1 N–H and O–H groups in total. The Morgan fingerprint density at radius 2 is 2.00 bits per heavy atom. The molecule has 0 aromatic heterocycles. The summed E-state index contributed by atoms with van der Waals surface area (Å²) < 4.78 is 0. The summed E-state index contributed by atoms with van der Waals surface area (Å²) in [7, 11) is 1.95. The Kier molecular flexibility index (Phi) is 3.53. The van der Waals surface area contributed by atoms with E-state index in [1.165, 1.54) is 0 Å². The Bertz CT molecular complexity index is 66.8. The van der Waals surface area contributed by atoms with Gasteiger partial charge in [0.15, 0.2) is 0 Å². The van der Waals surface area contributed by atoms with Gasteiger partial charge in [-0.3, -0.25) is 0 Å². The fourth-order valence-corrected chi connectivity index (χ4v) is 0.723. The van der Waals surface area contributed by atoms with Crippen LogP contribution in [0.5, 0.6) is 0 Å². The van der Waals surface area contributed by atoms with Crippen LogP contribution in [-0.4, -0.2) is 13.1 Å². The molecule has 0 aliphatic heterocycles. The normalized spacial score (nSPS) is 14.0. The van der Waals surface area contributed by atoms with Gasteiger partial charge in [0.25, 0.3) is 0 Å². The predicted molar refractivity (Wildman–Crippen MR) is 37.9 cm³/mol. The average Bonchev–Trinajstić information content (AvgIpc) is 1.69. The molecule has 0 rings (SSSR count). The van der Waals surface area contributed by atoms with Crippen molar-refractivity contribution in [3.8, 4) is 0 Å². The molecule has 0 aromatic rings. The SMILES string of the molecule is C=C[C@H](NC)C(C)C. The maximum atomic E-state index is 3.69. The molecule has 0 fully saturated rings. The third kappa shape index (κ3) is 2.12. The molecule has 0 spiro atoms. The van der Waals surface area contributed by atoms with E-state index in [9.17, 15) is 0 Å². The maximum Gasteiger partial charge on any atom is 0.0267 e. The molecule has 1 nitrogen and oxygen atoms in total. The summed E-state index contributed by atoms with van der Waals surface area (Å²) >= 11 is 0. The van der Waals surface area contributed by atoms with Gasteiger partial charge in [0.1, 0.15) is 0 Å². The Balaban J connectivity index is 3.51. The van der Waals surface area contributed by atoms with E-state index in [1.54, 1.807) is 0 Å². The van der Waals surface area contributed by atoms with E-state index in [4.69, 9.17) is 0 Å². The first-order valence-corrected chi connectivity index (χ1v) is 3.02. The summed E-state index contributed by atoms with van der Waals surface area (Å²) in [5, 5.41) is 3.13. The fourth-order valence-electron chi connectivity index (χ4n) is 0.723. The second-order valence-corrected chi connectivity index (χ2v) is 2.29. The van der Waals surface area contributed by atoms with Gasteiger partial charge in [-0.1, -0.05) is 19.9 Å². The third-order valence-corrected chi connectivity index (χ3v) is 1.31. The molecule has 1 atom stereocenters. The van der Waals surface area contributed by atoms with Crippen LogP contribution < -0.4 is 5.32 Å². The molecule has 0 heterocycles. The zero-order valence-corrected chi connectivity index (χ0v) is 5.94. The fraction of sp³-hybridized carbons (Fsp3) is 0.714. The van der Waals surface area contributed by atoms with Crippen molar-refractivity contribution in [3.63, 3.8) is 0 Å². The molecule has 0 amide bonds. The second kappa shape index (κ2) is 3.67. The van der Waals surface area contributed by atoms with E-state index in [2.05, 4.69) is 25.7 Å². The number of rotatable bonds is 3. The number of hydrogen-bond acceptors (Lipinski definition) is 1. The summed E-state index contributed by atoms with van der Waals surface area (Å²) in [5.41, 5.74) is 0. The molecule has 8 heavy (non-hydrogen) atoms. The van der Waals surface area contributed by atoms with Crippen LogP contribution in [0.2, 0.25) is 0 Å². The molecular weight excluding hydrogens is 98.1 g/mol. The maximum absolute atomic E-state index is 3.69. The van der Waals surface area contributed by atoms with E-state index in [1.807, 2.05) is 13.1 Å². The van der Waals surface area contributed by atoms with Crippen LogP contribution in [0.4, 0.5) is 0 Å². The molecule has 0 unspecified atom stereocenters. The summed E-state index contributed by atoms with van der Waals surface area (Å²) in [4.78, 5) is 0. The highest BCUT2D eigenvalue weighted by molar-refractivity contribution is 4.86. The minimum absolute atomic E-state index is 0.468. The van der Waals surface area contributed by atoms with Crippen molar-refractivity contribution in [1.29, 1.82) is 0 Å². The second-order valence-electron chi connectivity index (χ2n) is 2.29. The van der Waals surface area contributed by atoms with Crippen molar-refractivity contribution in [2.75, 3.05) is 7.05 Å². The zero-order valence-electron chi connectivity index (χ0n) is 5.94. The first kappa shape index (κ1) is 7.70. The average molecular weight is 113 g/mol. The van der Waals surface area contributed by atoms with Gasteiger partial charge < -0.3 is 5.32 Å². The lowest BCUT2D eigenvalue weighted by molar-refractivity contribution is 0.500. The molecular formula is C7H15N. The van der Waals surface area contributed by atoms with E-state index in [0.29, 0.717) is 12.0 Å². The highest BCUT2D eigenvalue weighted by atomic mass is 14.9. The van der Waals surface area contributed by atoms with E-state index < -0.39 is 0 Å². The summed E-state index contributed by atoms with van der Waals surface area (Å²) in [6, 6.07) is 0.468. The van der Waals surface area contributed by atoms with Crippen LogP contribution in [-0.2, 0) is 0 Å². The molecule has 0 aliphatic rings. The van der Waals surface area contributed by atoms with Gasteiger partial charge in [-0.2, -0.15) is 0 Å². The number of likely N-dealkylation sites (N-methyl/N-ethyl adjacent to an activating group) is 1. The molecule has 0 aliphatic carbocycles. The van der Waals surface area contributed by atoms with Crippen LogP contribution >= 0.6 is 0 Å². The standard InChI is InChI=1S/C7H15N/c1-5-7(8-4)6(2)3/h5-8H,1H2,2-4H3/t7-/m0/s1. The molecule has 0 aromatic carbocycles. The van der Waals surface area contributed by atoms with Crippen LogP contribution in [0.3, 0.4) is 0 Å². The zero-order chi connectivity index (χ0) is 6.57. The lowest BCUT2D eigenvalue weighted by Crippen LogP contribution is -2.27. The topological polar surface area (TPSA) is 12.0 Å². The van der Waals surface area contributed by atoms with Gasteiger partial charge in [-0.15, -0.1) is 6.58 Å². The first-order chi connectivity index (χ1) is 3.72. The summed E-state index contributed by atoms with van der Waals surface area (Å²) in [6.07, 6.45) is 1.94. The van der Waals surface area contributed by atoms with Crippen LogP contribution in [0.15, 0.2) is 12.7 Å². The molecule has 0 bridgehead atoms. The van der Waals surface area contributed by atoms with Gasteiger partial charge in [0.2, 0.25) is 0 Å². The molecule has 0 saturated carbocycles. The summed E-state index contributed by atoms with van der Waals surface area (Å²) in [6.45, 7) is 8.03. The van der Waals surface area contributed by atoms with Crippen molar-refractivity contribution >= 4 is 0 Å². The van der Waals surface area contributed by atoms with E-state index in [-0.39, 0.29) is 0 Å². The monoisotopic (exact) mass is 113 g/mol. The van der Waals surface area contributed by atoms with Gasteiger partial charge in [-0.25, -0.2) is 0 Å². The van der Waals surface area contributed by atoms with Crippen molar-refractivity contribution in [2.24, 2.45) is 5.92 Å². The van der Waals surface area contributed by atoms with Crippen molar-refractivity contribution in [3.05, 3.63) is 12.7 Å². The largest absolute Gasteiger partial charge is 0.313 e. The van der Waals surface area contributed by atoms with Gasteiger partial charge >= 0.3 is 0 Å². The lowest BCUT2D eigenvalue weighted by atomic mass is 10.1. The van der Waals surface area contributed by atoms with Crippen molar-refractivity contribution in [2.45, 2.75) is 19.9 Å². The highest BCUT2D eigenvalue weighted by Crippen LogP contribution is 1.99. The van der Waals surface area contributed by atoms with E-state index in [0.717, 1.165) is 0 Å².